The summed E-state index contributed by atoms with van der Waals surface area (Å²) in [4.78, 5) is 32.2. The van der Waals surface area contributed by atoms with E-state index in [9.17, 15) is 9.59 Å². The number of quaternary nitrogens is 1. The summed E-state index contributed by atoms with van der Waals surface area (Å²) in [6.07, 6.45) is 2.07. The first kappa shape index (κ1) is 19.8. The van der Waals surface area contributed by atoms with Crippen LogP contribution in [0, 0.1) is 0 Å². The number of hydrogen-bond donors (Lipinski definition) is 2. The van der Waals surface area contributed by atoms with Crippen molar-refractivity contribution < 1.29 is 14.5 Å². The highest BCUT2D eigenvalue weighted by molar-refractivity contribution is 7.18. The highest BCUT2D eigenvalue weighted by Gasteiger charge is 2.28. The first-order chi connectivity index (χ1) is 12.9. The van der Waals surface area contributed by atoms with Crippen LogP contribution < -0.4 is 10.2 Å². The Morgan fingerprint density at radius 1 is 1.33 bits per heavy atom. The summed E-state index contributed by atoms with van der Waals surface area (Å²) < 4.78 is 1.20. The van der Waals surface area contributed by atoms with E-state index in [4.69, 9.17) is 4.98 Å². The fraction of sp³-hybridized carbons (Fsp3) is 0.550. The zero-order chi connectivity index (χ0) is 19.4. The Labute approximate surface area is 164 Å². The number of para-hydroxylation sites is 1. The number of hydrogen-bond acceptors (Lipinski definition) is 4. The maximum Gasteiger partial charge on any atom is 0.277 e. The van der Waals surface area contributed by atoms with Crippen LogP contribution in [0.15, 0.2) is 24.3 Å². The van der Waals surface area contributed by atoms with E-state index < -0.39 is 0 Å². The van der Waals surface area contributed by atoms with Gasteiger partial charge in [0.1, 0.15) is 0 Å². The van der Waals surface area contributed by atoms with Gasteiger partial charge in [-0.25, -0.2) is 4.98 Å². The predicted octanol–water partition coefficient (Wildman–Crippen LogP) is 1.04. The Balaban J connectivity index is 1.57. The SMILES string of the molecule is CC(C)NC(=O)C[NH+](C)CC(=O)N1CCC[C@@H](c2nc3ccccc3s2)C1. The molecule has 1 aliphatic rings. The fourth-order valence-electron chi connectivity index (χ4n) is 3.55. The van der Waals surface area contributed by atoms with E-state index in [-0.39, 0.29) is 17.9 Å². The van der Waals surface area contributed by atoms with Gasteiger partial charge in [-0.2, -0.15) is 0 Å². The van der Waals surface area contributed by atoms with Gasteiger partial charge in [0.15, 0.2) is 13.1 Å². The topological polar surface area (TPSA) is 66.7 Å². The lowest BCUT2D eigenvalue weighted by atomic mass is 9.98. The lowest BCUT2D eigenvalue weighted by Crippen LogP contribution is -3.11. The Hall–Kier alpha value is -1.99. The van der Waals surface area contributed by atoms with Crippen molar-refractivity contribution in [1.29, 1.82) is 0 Å². The highest BCUT2D eigenvalue weighted by atomic mass is 32.1. The van der Waals surface area contributed by atoms with Crippen molar-refractivity contribution in [1.82, 2.24) is 15.2 Å². The number of thiazole rings is 1. The van der Waals surface area contributed by atoms with Crippen LogP contribution in [-0.4, -0.2) is 61.0 Å². The summed E-state index contributed by atoms with van der Waals surface area (Å²) in [5, 5.41) is 4.01. The van der Waals surface area contributed by atoms with Gasteiger partial charge >= 0.3 is 0 Å². The van der Waals surface area contributed by atoms with E-state index in [0.717, 1.165) is 41.4 Å². The number of fused-ring (bicyclic) bond motifs is 1. The molecule has 7 heteroatoms. The smallest absolute Gasteiger partial charge is 0.277 e. The van der Waals surface area contributed by atoms with Crippen LogP contribution >= 0.6 is 11.3 Å². The summed E-state index contributed by atoms with van der Waals surface area (Å²) in [5.74, 6) is 0.418. The van der Waals surface area contributed by atoms with E-state index >= 15 is 0 Å². The molecule has 2 N–H and O–H groups in total. The second-order valence-electron chi connectivity index (χ2n) is 7.73. The summed E-state index contributed by atoms with van der Waals surface area (Å²) in [5.41, 5.74) is 1.04. The van der Waals surface area contributed by atoms with Crippen molar-refractivity contribution in [2.24, 2.45) is 0 Å². The maximum atomic E-state index is 12.7. The van der Waals surface area contributed by atoms with Crippen molar-refractivity contribution in [3.05, 3.63) is 29.3 Å². The van der Waals surface area contributed by atoms with Crippen LogP contribution in [0.3, 0.4) is 0 Å². The molecule has 146 valence electrons. The van der Waals surface area contributed by atoms with Crippen molar-refractivity contribution in [2.75, 3.05) is 33.2 Å². The second-order valence-corrected chi connectivity index (χ2v) is 8.79. The fourth-order valence-corrected chi connectivity index (χ4v) is 4.64. The molecule has 1 aromatic heterocycles. The molecular formula is C20H29N4O2S+. The quantitative estimate of drug-likeness (QED) is 0.776. The highest BCUT2D eigenvalue weighted by Crippen LogP contribution is 2.32. The van der Waals surface area contributed by atoms with Crippen molar-refractivity contribution in [2.45, 2.75) is 38.6 Å². The molecule has 6 nitrogen and oxygen atoms in total. The molecule has 1 unspecified atom stereocenters. The van der Waals surface area contributed by atoms with Gasteiger partial charge in [0.25, 0.3) is 11.8 Å². The summed E-state index contributed by atoms with van der Waals surface area (Å²) in [7, 11) is 1.90. The molecule has 2 amide bonds. The molecule has 0 saturated carbocycles. The lowest BCUT2D eigenvalue weighted by molar-refractivity contribution is -0.863. The Morgan fingerprint density at radius 2 is 2.11 bits per heavy atom. The minimum absolute atomic E-state index is 0.0127. The Bertz CT molecular complexity index is 771. The molecule has 2 atom stereocenters. The number of piperidine rings is 1. The molecule has 0 radical (unpaired) electrons. The number of carbonyl (C=O) groups is 2. The predicted molar refractivity (Wildman–Crippen MR) is 108 cm³/mol. The molecular weight excluding hydrogens is 360 g/mol. The Kier molecular flexibility index (Phi) is 6.44. The number of likely N-dealkylation sites (tertiary alicyclic amines) is 1. The third-order valence-electron chi connectivity index (χ3n) is 4.80. The molecule has 2 aromatic rings. The van der Waals surface area contributed by atoms with Gasteiger partial charge < -0.3 is 15.1 Å². The minimum Gasteiger partial charge on any atom is -0.349 e. The van der Waals surface area contributed by atoms with Crippen LogP contribution in [0.4, 0.5) is 0 Å². The average molecular weight is 390 g/mol. The van der Waals surface area contributed by atoms with Crippen LogP contribution in [0.1, 0.15) is 37.6 Å². The number of aromatic nitrogens is 1. The standard InChI is InChI=1S/C20H28N4O2S/c1-14(2)21-18(25)12-23(3)13-19(26)24-10-6-7-15(11-24)20-22-16-8-4-5-9-17(16)27-20/h4-5,8-9,14-15H,6-7,10-13H2,1-3H3,(H,21,25)/p+1/t15-/m1/s1. The summed E-state index contributed by atoms with van der Waals surface area (Å²) in [6.45, 7) is 6.07. The van der Waals surface area contributed by atoms with Gasteiger partial charge in [0.05, 0.1) is 22.3 Å². The monoisotopic (exact) mass is 389 g/mol. The van der Waals surface area contributed by atoms with Gasteiger partial charge in [-0.3, -0.25) is 9.59 Å². The Morgan fingerprint density at radius 3 is 2.85 bits per heavy atom. The van der Waals surface area contributed by atoms with E-state index in [2.05, 4.69) is 11.4 Å². The normalized spacial score (nSPS) is 18.7. The first-order valence-electron chi connectivity index (χ1n) is 9.66. The molecule has 0 spiro atoms. The van der Waals surface area contributed by atoms with Gasteiger partial charge in [-0.15, -0.1) is 11.3 Å². The molecule has 27 heavy (non-hydrogen) atoms. The average Bonchev–Trinajstić information content (AvgIpc) is 3.05. The molecule has 3 rings (SSSR count). The molecule has 1 fully saturated rings. The maximum absolute atomic E-state index is 12.7. The van der Waals surface area contributed by atoms with Crippen LogP contribution in [0.2, 0.25) is 0 Å². The number of benzene rings is 1. The lowest BCUT2D eigenvalue weighted by Gasteiger charge is -2.32. The summed E-state index contributed by atoms with van der Waals surface area (Å²) >= 11 is 1.74. The number of rotatable bonds is 6. The molecule has 2 heterocycles. The third kappa shape index (κ3) is 5.26. The van der Waals surface area contributed by atoms with E-state index in [1.54, 1.807) is 11.3 Å². The molecule has 0 aliphatic carbocycles. The van der Waals surface area contributed by atoms with Gasteiger partial charge in [-0.1, -0.05) is 12.1 Å². The van der Waals surface area contributed by atoms with Crippen molar-refractivity contribution >= 4 is 33.4 Å². The second kappa shape index (κ2) is 8.80. The minimum atomic E-state index is -0.0127. The zero-order valence-electron chi connectivity index (χ0n) is 16.3. The molecule has 1 saturated heterocycles. The first-order valence-corrected chi connectivity index (χ1v) is 10.5. The summed E-state index contributed by atoms with van der Waals surface area (Å²) in [6, 6.07) is 8.31. The zero-order valence-corrected chi connectivity index (χ0v) is 17.1. The molecule has 1 aromatic carbocycles. The third-order valence-corrected chi connectivity index (χ3v) is 6.00. The molecule has 0 bridgehead atoms. The number of likely N-dealkylation sites (N-methyl/N-ethyl adjacent to an activating group) is 1. The van der Waals surface area contributed by atoms with Gasteiger partial charge in [-0.05, 0) is 38.8 Å². The van der Waals surface area contributed by atoms with Crippen LogP contribution in [-0.2, 0) is 9.59 Å². The number of carbonyl (C=O) groups excluding carboxylic acids is 2. The van der Waals surface area contributed by atoms with Crippen molar-refractivity contribution in [3.8, 4) is 0 Å². The van der Waals surface area contributed by atoms with Gasteiger partial charge in [0, 0.05) is 25.0 Å². The van der Waals surface area contributed by atoms with Crippen LogP contribution in [0.25, 0.3) is 10.2 Å². The van der Waals surface area contributed by atoms with Crippen molar-refractivity contribution in [3.63, 3.8) is 0 Å². The largest absolute Gasteiger partial charge is 0.349 e. The van der Waals surface area contributed by atoms with E-state index in [1.165, 1.54) is 4.70 Å². The van der Waals surface area contributed by atoms with E-state index in [0.29, 0.717) is 19.0 Å². The van der Waals surface area contributed by atoms with E-state index in [1.807, 2.05) is 44.0 Å². The van der Waals surface area contributed by atoms with Crippen LogP contribution in [0.5, 0.6) is 0 Å². The number of amides is 2. The number of nitrogens with one attached hydrogen (secondary N) is 2. The number of nitrogens with zero attached hydrogens (tertiary/aromatic N) is 2. The molecule has 1 aliphatic heterocycles. The van der Waals surface area contributed by atoms with Gasteiger partial charge in [0.2, 0.25) is 0 Å².